The van der Waals surface area contributed by atoms with E-state index in [0.29, 0.717) is 26.1 Å². The molecule has 0 saturated carbocycles. The molecule has 1 aliphatic rings. The Morgan fingerprint density at radius 2 is 2.00 bits per heavy atom. The Morgan fingerprint density at radius 1 is 1.32 bits per heavy atom. The number of carbonyl (C=O) groups excluding carboxylic acids is 1. The maximum absolute atomic E-state index is 12.2. The Kier molecular flexibility index (Phi) is 4.52. The number of hydrogen-bond acceptors (Lipinski definition) is 5. The van der Waals surface area contributed by atoms with Crippen LogP contribution in [0.4, 0.5) is 4.79 Å². The van der Waals surface area contributed by atoms with Gasteiger partial charge in [-0.3, -0.25) is 0 Å². The van der Waals surface area contributed by atoms with Crippen LogP contribution in [0.5, 0.6) is 0 Å². The first kappa shape index (κ1) is 16.8. The molecule has 0 saturated heterocycles. The van der Waals surface area contributed by atoms with Gasteiger partial charge in [0.25, 0.3) is 0 Å². The summed E-state index contributed by atoms with van der Waals surface area (Å²) in [5, 5.41) is 7.55. The van der Waals surface area contributed by atoms with E-state index in [9.17, 15) is 4.79 Å². The van der Waals surface area contributed by atoms with Crippen molar-refractivity contribution in [2.45, 2.75) is 72.2 Å². The van der Waals surface area contributed by atoms with Gasteiger partial charge in [-0.2, -0.15) is 0 Å². The van der Waals surface area contributed by atoms with E-state index in [1.54, 1.807) is 4.90 Å². The van der Waals surface area contributed by atoms with Gasteiger partial charge < -0.3 is 19.5 Å². The summed E-state index contributed by atoms with van der Waals surface area (Å²) in [6.07, 6.45) is 0.394. The summed E-state index contributed by atoms with van der Waals surface area (Å²) in [7, 11) is 0. The van der Waals surface area contributed by atoms with Crippen molar-refractivity contribution in [1.29, 1.82) is 0 Å². The highest BCUT2D eigenvalue weighted by Crippen LogP contribution is 2.24. The summed E-state index contributed by atoms with van der Waals surface area (Å²) < 4.78 is 10.9. The Morgan fingerprint density at radius 3 is 2.59 bits per heavy atom. The molecule has 1 amide bonds. The number of hydrogen-bond donors (Lipinski definition) is 1. The molecule has 6 nitrogen and oxygen atoms in total. The minimum absolute atomic E-state index is 0.00531. The second-order valence-electron chi connectivity index (χ2n) is 7.79. The highest BCUT2D eigenvalue weighted by atomic mass is 16.6. The number of carbonyl (C=O) groups is 1. The molecule has 1 aliphatic heterocycles. The quantitative estimate of drug-likeness (QED) is 0.910. The van der Waals surface area contributed by atoms with Crippen molar-refractivity contribution in [1.82, 2.24) is 15.4 Å². The van der Waals surface area contributed by atoms with E-state index in [1.165, 1.54) is 0 Å². The molecule has 0 bridgehead atoms. The van der Waals surface area contributed by atoms with Crippen LogP contribution >= 0.6 is 0 Å². The molecule has 0 aliphatic carbocycles. The molecule has 0 aromatic carbocycles. The molecule has 1 N–H and O–H groups in total. The van der Waals surface area contributed by atoms with Crippen molar-refractivity contribution >= 4 is 6.09 Å². The number of aromatic nitrogens is 1. The first-order valence-electron chi connectivity index (χ1n) is 7.74. The minimum Gasteiger partial charge on any atom is -0.444 e. The van der Waals surface area contributed by atoms with Crippen LogP contribution in [-0.4, -0.2) is 33.8 Å². The predicted octanol–water partition coefficient (Wildman–Crippen LogP) is 2.86. The van der Waals surface area contributed by atoms with Crippen molar-refractivity contribution in [3.05, 3.63) is 17.0 Å². The van der Waals surface area contributed by atoms with Gasteiger partial charge in [-0.15, -0.1) is 0 Å². The summed E-state index contributed by atoms with van der Waals surface area (Å²) >= 11 is 0. The van der Waals surface area contributed by atoms with Crippen LogP contribution in [-0.2, 0) is 24.2 Å². The molecule has 124 valence electrons. The van der Waals surface area contributed by atoms with E-state index >= 15 is 0 Å². The fourth-order valence-electron chi connectivity index (χ4n) is 2.23. The maximum Gasteiger partial charge on any atom is 0.410 e. The molecule has 0 fully saturated rings. The molecule has 2 heterocycles. The zero-order valence-corrected chi connectivity index (χ0v) is 14.4. The predicted molar refractivity (Wildman–Crippen MR) is 83.4 cm³/mol. The summed E-state index contributed by atoms with van der Waals surface area (Å²) in [4.78, 5) is 13.9. The normalized spacial score (nSPS) is 15.6. The number of nitrogens with zero attached hydrogens (tertiary/aromatic N) is 2. The van der Waals surface area contributed by atoms with E-state index in [-0.39, 0.29) is 11.6 Å². The Bertz CT molecular complexity index is 538. The van der Waals surface area contributed by atoms with Crippen molar-refractivity contribution in [3.63, 3.8) is 0 Å². The molecule has 0 atom stereocenters. The van der Waals surface area contributed by atoms with E-state index < -0.39 is 5.60 Å². The molecular formula is C16H27N3O3. The van der Waals surface area contributed by atoms with Crippen LogP contribution in [0.2, 0.25) is 0 Å². The average molecular weight is 309 g/mol. The summed E-state index contributed by atoms with van der Waals surface area (Å²) in [6.45, 7) is 13.7. The second kappa shape index (κ2) is 5.91. The maximum atomic E-state index is 12.2. The van der Waals surface area contributed by atoms with Gasteiger partial charge in [0.1, 0.15) is 17.1 Å². The smallest absolute Gasteiger partial charge is 0.410 e. The van der Waals surface area contributed by atoms with Gasteiger partial charge in [0, 0.05) is 30.6 Å². The number of ether oxygens (including phenoxy) is 1. The SMILES string of the molecule is CC(C)(C)NCc1noc2c1CN(C(=O)OC(C)(C)C)CC2. The largest absolute Gasteiger partial charge is 0.444 e. The standard InChI is InChI=1S/C16H27N3O3/c1-15(2,3)17-9-12-11-10-19(8-7-13(11)22-18-12)14(20)21-16(4,5)6/h17H,7-10H2,1-6H3. The second-order valence-corrected chi connectivity index (χ2v) is 7.79. The zero-order valence-electron chi connectivity index (χ0n) is 14.4. The van der Waals surface area contributed by atoms with Crippen molar-refractivity contribution in [3.8, 4) is 0 Å². The third kappa shape index (κ3) is 4.47. The summed E-state index contributed by atoms with van der Waals surface area (Å²) in [5.41, 5.74) is 1.40. The van der Waals surface area contributed by atoms with Crippen molar-refractivity contribution < 1.29 is 14.1 Å². The third-order valence-corrected chi connectivity index (χ3v) is 3.35. The van der Waals surface area contributed by atoms with Crippen molar-refractivity contribution in [2.75, 3.05) is 6.54 Å². The van der Waals surface area contributed by atoms with Gasteiger partial charge in [-0.05, 0) is 41.5 Å². The topological polar surface area (TPSA) is 67.6 Å². The van der Waals surface area contributed by atoms with Crippen LogP contribution in [0, 0.1) is 0 Å². The molecule has 0 spiro atoms. The zero-order chi connectivity index (χ0) is 16.5. The lowest BCUT2D eigenvalue weighted by Crippen LogP contribution is -2.40. The van der Waals surface area contributed by atoms with Gasteiger partial charge in [0.05, 0.1) is 6.54 Å². The molecule has 6 heteroatoms. The van der Waals surface area contributed by atoms with Gasteiger partial charge in [0.15, 0.2) is 0 Å². The van der Waals surface area contributed by atoms with Crippen LogP contribution in [0.25, 0.3) is 0 Å². The van der Waals surface area contributed by atoms with Gasteiger partial charge in [0.2, 0.25) is 0 Å². The van der Waals surface area contributed by atoms with E-state index in [4.69, 9.17) is 9.26 Å². The van der Waals surface area contributed by atoms with Crippen molar-refractivity contribution in [2.24, 2.45) is 0 Å². The highest BCUT2D eigenvalue weighted by molar-refractivity contribution is 5.68. The first-order chi connectivity index (χ1) is 10.1. The molecule has 2 rings (SSSR count). The van der Waals surface area contributed by atoms with Crippen LogP contribution < -0.4 is 5.32 Å². The van der Waals surface area contributed by atoms with Gasteiger partial charge in [-0.1, -0.05) is 5.16 Å². The fourth-order valence-corrected chi connectivity index (χ4v) is 2.23. The number of fused-ring (bicyclic) bond motifs is 1. The Labute approximate surface area is 132 Å². The summed E-state index contributed by atoms with van der Waals surface area (Å²) in [5.74, 6) is 0.880. The molecule has 22 heavy (non-hydrogen) atoms. The van der Waals surface area contributed by atoms with E-state index in [1.807, 2.05) is 20.8 Å². The highest BCUT2D eigenvalue weighted by Gasteiger charge is 2.30. The molecule has 1 aromatic heterocycles. The number of amides is 1. The number of nitrogens with one attached hydrogen (secondary N) is 1. The van der Waals surface area contributed by atoms with E-state index in [0.717, 1.165) is 17.0 Å². The lowest BCUT2D eigenvalue weighted by atomic mass is 10.0. The Balaban J connectivity index is 2.06. The molecule has 0 radical (unpaired) electrons. The summed E-state index contributed by atoms with van der Waals surface area (Å²) in [6, 6.07) is 0. The fraction of sp³-hybridized carbons (Fsp3) is 0.750. The van der Waals surface area contributed by atoms with Gasteiger partial charge >= 0.3 is 6.09 Å². The third-order valence-electron chi connectivity index (χ3n) is 3.35. The average Bonchev–Trinajstić information content (AvgIpc) is 2.75. The first-order valence-corrected chi connectivity index (χ1v) is 7.74. The van der Waals surface area contributed by atoms with Gasteiger partial charge in [-0.25, -0.2) is 4.79 Å². The minimum atomic E-state index is -0.484. The monoisotopic (exact) mass is 309 g/mol. The number of rotatable bonds is 2. The molecule has 1 aromatic rings. The molecular weight excluding hydrogens is 282 g/mol. The lowest BCUT2D eigenvalue weighted by molar-refractivity contribution is 0.0218. The van der Waals surface area contributed by atoms with E-state index in [2.05, 4.69) is 31.2 Å². The van der Waals surface area contributed by atoms with Crippen LogP contribution in [0.15, 0.2) is 4.52 Å². The van der Waals surface area contributed by atoms with Crippen LogP contribution in [0.3, 0.4) is 0 Å². The molecule has 0 unspecified atom stereocenters. The lowest BCUT2D eigenvalue weighted by Gasteiger charge is -2.29. The van der Waals surface area contributed by atoms with Crippen LogP contribution in [0.1, 0.15) is 58.6 Å². The Hall–Kier alpha value is -1.56.